The van der Waals surface area contributed by atoms with Crippen LogP contribution in [0.4, 0.5) is 0 Å². The van der Waals surface area contributed by atoms with E-state index in [1.807, 2.05) is 11.3 Å². The highest BCUT2D eigenvalue weighted by molar-refractivity contribution is 9.10. The molecule has 1 saturated heterocycles. The third kappa shape index (κ3) is 3.56. The molecule has 0 saturated carbocycles. The molecule has 4 heteroatoms. The van der Waals surface area contributed by atoms with Crippen LogP contribution in [0.25, 0.3) is 0 Å². The van der Waals surface area contributed by atoms with Gasteiger partial charge >= 0.3 is 0 Å². The highest BCUT2D eigenvalue weighted by Crippen LogP contribution is 2.29. The number of rotatable bonds is 2. The van der Waals surface area contributed by atoms with Gasteiger partial charge in [-0.15, -0.1) is 11.3 Å². The second-order valence-corrected chi connectivity index (χ2v) is 8.26. The minimum Gasteiger partial charge on any atom is -0.311 e. The fraction of sp³-hybridized carbons (Fsp3) is 0.714. The van der Waals surface area contributed by atoms with Gasteiger partial charge in [0.1, 0.15) is 0 Å². The van der Waals surface area contributed by atoms with E-state index in [2.05, 4.69) is 65.3 Å². The predicted octanol–water partition coefficient (Wildman–Crippen LogP) is 3.72. The van der Waals surface area contributed by atoms with Crippen LogP contribution in [0.3, 0.4) is 0 Å². The highest BCUT2D eigenvalue weighted by Gasteiger charge is 2.34. The van der Waals surface area contributed by atoms with Crippen molar-refractivity contribution in [3.63, 3.8) is 0 Å². The molecule has 1 aliphatic rings. The summed E-state index contributed by atoms with van der Waals surface area (Å²) in [6.45, 7) is 12.6. The van der Waals surface area contributed by atoms with Crippen LogP contribution in [-0.2, 0) is 6.54 Å². The summed E-state index contributed by atoms with van der Waals surface area (Å²) < 4.78 is 1.21. The zero-order valence-electron chi connectivity index (χ0n) is 11.7. The fourth-order valence-electron chi connectivity index (χ4n) is 2.65. The normalized spacial score (nSPS) is 26.5. The van der Waals surface area contributed by atoms with Gasteiger partial charge in [0.05, 0.1) is 0 Å². The Balaban J connectivity index is 2.10. The molecule has 2 nitrogen and oxygen atoms in total. The van der Waals surface area contributed by atoms with Crippen LogP contribution in [0.1, 0.15) is 32.6 Å². The van der Waals surface area contributed by atoms with Gasteiger partial charge in [-0.25, -0.2) is 0 Å². The van der Waals surface area contributed by atoms with E-state index in [9.17, 15) is 0 Å². The Hall–Kier alpha value is 0.1000. The molecular formula is C14H23BrN2S. The number of hydrogen-bond donors (Lipinski definition) is 1. The van der Waals surface area contributed by atoms with E-state index >= 15 is 0 Å². The molecule has 102 valence electrons. The summed E-state index contributed by atoms with van der Waals surface area (Å²) in [4.78, 5) is 4.09. The molecule has 1 aliphatic heterocycles. The first kappa shape index (κ1) is 14.5. The van der Waals surface area contributed by atoms with Crippen molar-refractivity contribution in [1.29, 1.82) is 0 Å². The second kappa shape index (κ2) is 5.61. The summed E-state index contributed by atoms with van der Waals surface area (Å²) in [5.74, 6) is 0. The average molecular weight is 331 g/mol. The lowest BCUT2D eigenvalue weighted by Crippen LogP contribution is -2.59. The predicted molar refractivity (Wildman–Crippen MR) is 83.1 cm³/mol. The Morgan fingerprint density at radius 3 is 2.78 bits per heavy atom. The third-order valence-corrected chi connectivity index (χ3v) is 5.27. The van der Waals surface area contributed by atoms with Crippen LogP contribution in [0.2, 0.25) is 0 Å². The Kier molecular flexibility index (Phi) is 4.52. The Morgan fingerprint density at radius 1 is 1.50 bits per heavy atom. The summed E-state index contributed by atoms with van der Waals surface area (Å²) in [5, 5.41) is 5.79. The van der Waals surface area contributed by atoms with Crippen LogP contribution in [0, 0.1) is 5.41 Å². The lowest BCUT2D eigenvalue weighted by atomic mass is 9.84. The van der Waals surface area contributed by atoms with Crippen molar-refractivity contribution < 1.29 is 0 Å². The summed E-state index contributed by atoms with van der Waals surface area (Å²) in [5.41, 5.74) is 0.321. The first-order valence-electron chi connectivity index (χ1n) is 6.56. The monoisotopic (exact) mass is 330 g/mol. The van der Waals surface area contributed by atoms with Crippen molar-refractivity contribution in [2.24, 2.45) is 5.41 Å². The van der Waals surface area contributed by atoms with Crippen LogP contribution in [0.5, 0.6) is 0 Å². The summed E-state index contributed by atoms with van der Waals surface area (Å²) in [6.07, 6.45) is 0. The minimum atomic E-state index is 0.321. The van der Waals surface area contributed by atoms with E-state index < -0.39 is 0 Å². The van der Waals surface area contributed by atoms with Gasteiger partial charge in [0.25, 0.3) is 0 Å². The maximum atomic E-state index is 3.61. The zero-order chi connectivity index (χ0) is 13.3. The van der Waals surface area contributed by atoms with Gasteiger partial charge in [-0.3, -0.25) is 4.90 Å². The molecule has 0 aliphatic carbocycles. The Labute approximate surface area is 123 Å². The fourth-order valence-corrected chi connectivity index (χ4v) is 4.13. The van der Waals surface area contributed by atoms with Crippen molar-refractivity contribution >= 4 is 27.3 Å². The molecule has 1 fully saturated rings. The summed E-state index contributed by atoms with van der Waals surface area (Å²) >= 11 is 5.39. The van der Waals surface area contributed by atoms with Crippen molar-refractivity contribution in [3.05, 3.63) is 20.8 Å². The van der Waals surface area contributed by atoms with Gasteiger partial charge in [0.2, 0.25) is 0 Å². The standard InChI is InChI=1S/C14H23BrN2S/c1-10-7-17(8-12-5-11(15)9-18-12)13(6-16-10)14(2,3)4/h5,9-10,13,16H,6-8H2,1-4H3. The quantitative estimate of drug-likeness (QED) is 0.889. The van der Waals surface area contributed by atoms with Crippen LogP contribution >= 0.6 is 27.3 Å². The molecule has 2 atom stereocenters. The van der Waals surface area contributed by atoms with Crippen molar-refractivity contribution in [1.82, 2.24) is 10.2 Å². The molecule has 0 radical (unpaired) electrons. The highest BCUT2D eigenvalue weighted by atomic mass is 79.9. The van der Waals surface area contributed by atoms with Gasteiger partial charge in [0, 0.05) is 46.4 Å². The van der Waals surface area contributed by atoms with Crippen LogP contribution in [0.15, 0.2) is 15.9 Å². The van der Waals surface area contributed by atoms with Gasteiger partial charge in [-0.2, -0.15) is 0 Å². The second-order valence-electron chi connectivity index (χ2n) is 6.35. The molecule has 1 aromatic rings. The first-order chi connectivity index (χ1) is 8.36. The number of hydrogen-bond acceptors (Lipinski definition) is 3. The number of nitrogens with zero attached hydrogens (tertiary/aromatic N) is 1. The van der Waals surface area contributed by atoms with E-state index in [0.717, 1.165) is 19.6 Å². The van der Waals surface area contributed by atoms with Crippen LogP contribution in [-0.4, -0.2) is 30.1 Å². The molecule has 2 heterocycles. The van der Waals surface area contributed by atoms with E-state index in [-0.39, 0.29) is 0 Å². The van der Waals surface area contributed by atoms with Crippen molar-refractivity contribution in [3.8, 4) is 0 Å². The average Bonchev–Trinajstić information content (AvgIpc) is 2.62. The number of halogens is 1. The molecule has 0 bridgehead atoms. The van der Waals surface area contributed by atoms with Gasteiger partial charge in [-0.05, 0) is 34.3 Å². The smallest absolute Gasteiger partial charge is 0.0332 e. The molecule has 18 heavy (non-hydrogen) atoms. The third-order valence-electron chi connectivity index (χ3n) is 3.59. The Bertz CT molecular complexity index is 397. The molecule has 2 rings (SSSR count). The molecule has 2 unspecified atom stereocenters. The van der Waals surface area contributed by atoms with Gasteiger partial charge in [-0.1, -0.05) is 20.8 Å². The molecule has 1 N–H and O–H groups in total. The zero-order valence-corrected chi connectivity index (χ0v) is 14.1. The van der Waals surface area contributed by atoms with Crippen molar-refractivity contribution in [2.75, 3.05) is 13.1 Å². The number of thiophene rings is 1. The molecule has 0 aromatic carbocycles. The van der Waals surface area contributed by atoms with Crippen molar-refractivity contribution in [2.45, 2.75) is 46.3 Å². The van der Waals surface area contributed by atoms with E-state index in [0.29, 0.717) is 17.5 Å². The van der Waals surface area contributed by atoms with Gasteiger partial charge < -0.3 is 5.32 Å². The Morgan fingerprint density at radius 2 is 2.22 bits per heavy atom. The maximum Gasteiger partial charge on any atom is 0.0332 e. The van der Waals surface area contributed by atoms with E-state index in [1.54, 1.807) is 0 Å². The molecule has 0 spiro atoms. The minimum absolute atomic E-state index is 0.321. The number of nitrogens with one attached hydrogen (secondary N) is 1. The lowest BCUT2D eigenvalue weighted by molar-refractivity contribution is 0.0534. The largest absolute Gasteiger partial charge is 0.311 e. The molecular weight excluding hydrogens is 308 g/mol. The SMILES string of the molecule is CC1CN(Cc2cc(Br)cs2)C(C(C)(C)C)CN1. The maximum absolute atomic E-state index is 3.61. The summed E-state index contributed by atoms with van der Waals surface area (Å²) in [6, 6.07) is 3.44. The topological polar surface area (TPSA) is 15.3 Å². The van der Waals surface area contributed by atoms with E-state index in [1.165, 1.54) is 9.35 Å². The van der Waals surface area contributed by atoms with Crippen LogP contribution < -0.4 is 5.32 Å². The lowest BCUT2D eigenvalue weighted by Gasteiger charge is -2.45. The molecule has 0 amide bonds. The molecule has 1 aromatic heterocycles. The van der Waals surface area contributed by atoms with Gasteiger partial charge in [0.15, 0.2) is 0 Å². The first-order valence-corrected chi connectivity index (χ1v) is 8.24. The van der Waals surface area contributed by atoms with E-state index in [4.69, 9.17) is 0 Å². The summed E-state index contributed by atoms with van der Waals surface area (Å²) in [7, 11) is 0. The number of piperazine rings is 1.